The lowest BCUT2D eigenvalue weighted by molar-refractivity contribution is 0.0963. The summed E-state index contributed by atoms with van der Waals surface area (Å²) in [7, 11) is 1.60. The fraction of sp³-hybridized carbons (Fsp3) is 0.192. The highest BCUT2D eigenvalue weighted by molar-refractivity contribution is 6.03. The Bertz CT molecular complexity index is 1430. The molecule has 1 aliphatic heterocycles. The molecule has 0 radical (unpaired) electrons. The Morgan fingerprint density at radius 1 is 1.12 bits per heavy atom. The van der Waals surface area contributed by atoms with Crippen molar-refractivity contribution in [2.45, 2.75) is 19.0 Å². The second kappa shape index (κ2) is 8.99. The highest BCUT2D eigenvalue weighted by atomic mass is 16.7. The van der Waals surface area contributed by atoms with E-state index >= 15 is 0 Å². The number of carbonyl (C=O) groups excluding carboxylic acids is 1. The molecule has 5 rings (SSSR count). The maximum absolute atomic E-state index is 13.4. The molecule has 3 heterocycles. The third kappa shape index (κ3) is 3.99. The Morgan fingerprint density at radius 2 is 1.88 bits per heavy atom. The number of nitrogens with zero attached hydrogens (tertiary/aromatic N) is 2. The average Bonchev–Trinajstić information content (AvgIpc) is 3.34. The molecule has 0 spiro atoms. The normalized spacial score (nSPS) is 13.2. The van der Waals surface area contributed by atoms with Gasteiger partial charge < -0.3 is 24.5 Å². The summed E-state index contributed by atoms with van der Waals surface area (Å²) in [6.07, 6.45) is 3.37. The number of pyridine rings is 2. The predicted molar refractivity (Wildman–Crippen MR) is 126 cm³/mol. The van der Waals surface area contributed by atoms with E-state index in [2.05, 4.69) is 10.3 Å². The van der Waals surface area contributed by atoms with Crippen molar-refractivity contribution in [3.63, 3.8) is 0 Å². The second-order valence-electron chi connectivity index (χ2n) is 8.13. The van der Waals surface area contributed by atoms with Crippen molar-refractivity contribution in [2.24, 2.45) is 7.05 Å². The summed E-state index contributed by atoms with van der Waals surface area (Å²) in [5.74, 6) is 0.505. The number of aryl methyl sites for hydroxylation is 1. The van der Waals surface area contributed by atoms with Crippen LogP contribution in [0.5, 0.6) is 17.2 Å². The minimum atomic E-state index is -0.528. The molecule has 4 aromatic rings. The van der Waals surface area contributed by atoms with E-state index in [-0.39, 0.29) is 24.5 Å². The van der Waals surface area contributed by atoms with E-state index in [0.29, 0.717) is 28.9 Å². The smallest absolute Gasteiger partial charge is 0.265 e. The van der Waals surface area contributed by atoms with Crippen molar-refractivity contribution in [2.75, 3.05) is 6.79 Å². The number of hydrogen-bond acceptors (Lipinski definition) is 7. The number of hydrogen-bond donors (Lipinski definition) is 2. The number of Topliss-reactive ketones (excluding diaryl/α,β-unsaturated/α-hetero) is 1. The van der Waals surface area contributed by atoms with E-state index in [9.17, 15) is 14.7 Å². The molecule has 2 aromatic heterocycles. The zero-order chi connectivity index (χ0) is 23.7. The zero-order valence-electron chi connectivity index (χ0n) is 18.5. The average molecular weight is 457 g/mol. The van der Waals surface area contributed by atoms with Crippen LogP contribution >= 0.6 is 0 Å². The van der Waals surface area contributed by atoms with Crippen LogP contribution in [0.2, 0.25) is 0 Å². The van der Waals surface area contributed by atoms with E-state index in [4.69, 9.17) is 9.47 Å². The fourth-order valence-corrected chi connectivity index (χ4v) is 4.20. The van der Waals surface area contributed by atoms with E-state index in [1.54, 1.807) is 49.8 Å². The molecular weight excluding hydrogens is 434 g/mol. The second-order valence-corrected chi connectivity index (χ2v) is 8.13. The monoisotopic (exact) mass is 457 g/mol. The number of rotatable bonds is 7. The standard InChI is InChI=1S/C26H23N3O5/c1-29-20-5-3-2-4-18(20)25(31)24(26(29)32)21(30)13-19(28-14-16-8-10-27-11-9-16)17-6-7-22-23(12-17)34-15-33-22/h2-12,19,28,31H,13-15H2,1H3/t19-/m1/s1. The van der Waals surface area contributed by atoms with Crippen LogP contribution in [0.15, 0.2) is 71.8 Å². The number of ketones is 1. The number of carbonyl (C=O) groups is 1. The number of benzene rings is 2. The molecular formula is C26H23N3O5. The van der Waals surface area contributed by atoms with Crippen LogP contribution in [-0.2, 0) is 13.6 Å². The molecule has 0 bridgehead atoms. The number of nitrogens with one attached hydrogen (secondary N) is 1. The van der Waals surface area contributed by atoms with Gasteiger partial charge in [0, 0.05) is 43.8 Å². The minimum absolute atomic E-state index is 0.0358. The lowest BCUT2D eigenvalue weighted by Crippen LogP contribution is -2.29. The van der Waals surface area contributed by atoms with Gasteiger partial charge >= 0.3 is 0 Å². The maximum atomic E-state index is 13.4. The van der Waals surface area contributed by atoms with Crippen LogP contribution in [0.25, 0.3) is 10.9 Å². The Morgan fingerprint density at radius 3 is 2.71 bits per heavy atom. The maximum Gasteiger partial charge on any atom is 0.265 e. The van der Waals surface area contributed by atoms with Crippen molar-refractivity contribution < 1.29 is 19.4 Å². The van der Waals surface area contributed by atoms with Crippen LogP contribution in [0.1, 0.15) is 33.9 Å². The van der Waals surface area contributed by atoms with Crippen LogP contribution in [0.3, 0.4) is 0 Å². The van der Waals surface area contributed by atoms with Gasteiger partial charge in [-0.15, -0.1) is 0 Å². The first-order valence-corrected chi connectivity index (χ1v) is 10.9. The number of fused-ring (bicyclic) bond motifs is 2. The van der Waals surface area contributed by atoms with E-state index in [0.717, 1.165) is 11.1 Å². The quantitative estimate of drug-likeness (QED) is 0.410. The van der Waals surface area contributed by atoms with Gasteiger partial charge in [0.25, 0.3) is 5.56 Å². The Kier molecular flexibility index (Phi) is 5.73. The van der Waals surface area contributed by atoms with Crippen molar-refractivity contribution in [3.8, 4) is 17.2 Å². The van der Waals surface area contributed by atoms with Crippen molar-refractivity contribution >= 4 is 16.7 Å². The van der Waals surface area contributed by atoms with E-state index in [1.165, 1.54) is 4.57 Å². The summed E-state index contributed by atoms with van der Waals surface area (Å²) in [4.78, 5) is 30.5. The zero-order valence-corrected chi connectivity index (χ0v) is 18.5. The third-order valence-corrected chi connectivity index (χ3v) is 6.05. The fourth-order valence-electron chi connectivity index (χ4n) is 4.20. The van der Waals surface area contributed by atoms with Gasteiger partial charge in [0.05, 0.1) is 5.52 Å². The molecule has 1 aliphatic rings. The molecule has 8 nitrogen and oxygen atoms in total. The number of ether oxygens (including phenoxy) is 2. The highest BCUT2D eigenvalue weighted by Crippen LogP contribution is 2.35. The van der Waals surface area contributed by atoms with Gasteiger partial charge in [-0.1, -0.05) is 18.2 Å². The number of para-hydroxylation sites is 1. The van der Waals surface area contributed by atoms with Crippen molar-refractivity contribution in [1.82, 2.24) is 14.9 Å². The van der Waals surface area contributed by atoms with Gasteiger partial charge in [0.2, 0.25) is 6.79 Å². The third-order valence-electron chi connectivity index (χ3n) is 6.05. The van der Waals surface area contributed by atoms with E-state index in [1.807, 2.05) is 24.3 Å². The number of aromatic nitrogens is 2. The molecule has 1 atom stereocenters. The molecule has 0 fully saturated rings. The molecule has 0 saturated heterocycles. The van der Waals surface area contributed by atoms with Crippen LogP contribution in [-0.4, -0.2) is 27.2 Å². The van der Waals surface area contributed by atoms with Gasteiger partial charge in [-0.3, -0.25) is 14.6 Å². The summed E-state index contributed by atoms with van der Waals surface area (Å²) in [5, 5.41) is 14.7. The first-order valence-electron chi connectivity index (χ1n) is 10.9. The molecule has 0 unspecified atom stereocenters. The Hall–Kier alpha value is -4.17. The van der Waals surface area contributed by atoms with E-state index < -0.39 is 17.4 Å². The molecule has 8 heteroatoms. The van der Waals surface area contributed by atoms with Crippen molar-refractivity contribution in [3.05, 3.63) is 94.0 Å². The largest absolute Gasteiger partial charge is 0.506 e. The Balaban J connectivity index is 1.50. The van der Waals surface area contributed by atoms with Crippen LogP contribution < -0.4 is 20.3 Å². The molecule has 34 heavy (non-hydrogen) atoms. The lowest BCUT2D eigenvalue weighted by Gasteiger charge is -2.20. The highest BCUT2D eigenvalue weighted by Gasteiger charge is 2.26. The lowest BCUT2D eigenvalue weighted by atomic mass is 9.96. The summed E-state index contributed by atoms with van der Waals surface area (Å²) in [6, 6.07) is 15.8. The summed E-state index contributed by atoms with van der Waals surface area (Å²) < 4.78 is 12.3. The molecule has 0 saturated carbocycles. The summed E-state index contributed by atoms with van der Waals surface area (Å²) in [6.45, 7) is 0.629. The van der Waals surface area contributed by atoms with Gasteiger partial charge in [-0.2, -0.15) is 0 Å². The molecule has 2 aromatic carbocycles. The first-order chi connectivity index (χ1) is 16.5. The molecule has 0 amide bonds. The van der Waals surface area contributed by atoms with Gasteiger partial charge in [0.15, 0.2) is 17.3 Å². The topological polar surface area (TPSA) is 103 Å². The van der Waals surface area contributed by atoms with Gasteiger partial charge in [-0.25, -0.2) is 0 Å². The molecule has 0 aliphatic carbocycles. The van der Waals surface area contributed by atoms with Gasteiger partial charge in [-0.05, 0) is 47.5 Å². The van der Waals surface area contributed by atoms with Crippen molar-refractivity contribution in [1.29, 1.82) is 0 Å². The first kappa shape index (κ1) is 21.7. The predicted octanol–water partition coefficient (Wildman–Crippen LogP) is 3.47. The Labute approximate surface area is 195 Å². The van der Waals surface area contributed by atoms with Crippen LogP contribution in [0.4, 0.5) is 0 Å². The molecule has 2 N–H and O–H groups in total. The van der Waals surface area contributed by atoms with Gasteiger partial charge in [0.1, 0.15) is 11.3 Å². The summed E-state index contributed by atoms with van der Waals surface area (Å²) in [5.41, 5.74) is 1.63. The molecule has 172 valence electrons. The van der Waals surface area contributed by atoms with Crippen LogP contribution in [0, 0.1) is 0 Å². The number of aromatic hydroxyl groups is 1. The summed E-state index contributed by atoms with van der Waals surface area (Å²) >= 11 is 0. The SMILES string of the molecule is Cn1c(=O)c(C(=O)C[C@@H](NCc2ccncc2)c2ccc3c(c2)OCO3)c(O)c2ccccc21. The minimum Gasteiger partial charge on any atom is -0.506 e.